The van der Waals surface area contributed by atoms with E-state index < -0.39 is 0 Å². The number of benzene rings is 2. The Hall–Kier alpha value is -3.36. The van der Waals surface area contributed by atoms with E-state index in [-0.39, 0.29) is 25.0 Å². The van der Waals surface area contributed by atoms with E-state index in [9.17, 15) is 9.59 Å². The van der Waals surface area contributed by atoms with Crippen molar-refractivity contribution in [3.63, 3.8) is 0 Å². The van der Waals surface area contributed by atoms with Gasteiger partial charge in [-0.2, -0.15) is 4.98 Å². The summed E-state index contributed by atoms with van der Waals surface area (Å²) >= 11 is 7.33. The lowest BCUT2D eigenvalue weighted by Crippen LogP contribution is -2.11. The minimum Gasteiger partial charge on any atom is -0.473 e. The number of ketones is 1. The quantitative estimate of drug-likeness (QED) is 0.106. The Kier molecular flexibility index (Phi) is 7.49. The second-order valence-corrected chi connectivity index (χ2v) is 8.63. The second kappa shape index (κ2) is 10.7. The van der Waals surface area contributed by atoms with Gasteiger partial charge >= 0.3 is 5.97 Å². The molecule has 0 radical (unpaired) electrons. The van der Waals surface area contributed by atoms with Gasteiger partial charge in [-0.25, -0.2) is 4.98 Å². The maximum absolute atomic E-state index is 12.7. The molecule has 0 spiro atoms. The molecule has 2 aromatic carbocycles. The van der Waals surface area contributed by atoms with Gasteiger partial charge in [0.25, 0.3) is 0 Å². The number of esters is 1. The van der Waals surface area contributed by atoms with Crippen LogP contribution in [0.3, 0.4) is 0 Å². The summed E-state index contributed by atoms with van der Waals surface area (Å²) in [5, 5.41) is 1.95. The maximum Gasteiger partial charge on any atom is 0.302 e. The maximum atomic E-state index is 12.7. The van der Waals surface area contributed by atoms with Gasteiger partial charge in [0.05, 0.1) is 5.39 Å². The molecular weight excluding hydrogens is 474 g/mol. The number of ether oxygens (including phenoxy) is 2. The van der Waals surface area contributed by atoms with Gasteiger partial charge in [0, 0.05) is 35.8 Å². The van der Waals surface area contributed by atoms with Crippen LogP contribution in [0.1, 0.15) is 28.4 Å². The van der Waals surface area contributed by atoms with E-state index >= 15 is 0 Å². The zero-order chi connectivity index (χ0) is 24.1. The highest BCUT2D eigenvalue weighted by molar-refractivity contribution is 7.98. The van der Waals surface area contributed by atoms with Crippen LogP contribution in [-0.2, 0) is 16.1 Å². The molecule has 34 heavy (non-hydrogen) atoms. The molecule has 0 fully saturated rings. The fourth-order valence-corrected chi connectivity index (χ4v) is 3.88. The van der Waals surface area contributed by atoms with Crippen molar-refractivity contribution < 1.29 is 19.1 Å². The molecule has 0 atom stereocenters. The van der Waals surface area contributed by atoms with Crippen LogP contribution < -0.4 is 4.74 Å². The Balaban J connectivity index is 1.52. The average molecular weight is 496 g/mol. The summed E-state index contributed by atoms with van der Waals surface area (Å²) in [6.07, 6.45) is 3.82. The Morgan fingerprint density at radius 3 is 2.29 bits per heavy atom. The number of carbonyl (C=O) groups is 2. The molecule has 4 rings (SSSR count). The first-order valence-corrected chi connectivity index (χ1v) is 12.1. The van der Waals surface area contributed by atoms with E-state index in [1.54, 1.807) is 24.3 Å². The van der Waals surface area contributed by atoms with Crippen molar-refractivity contribution in [3.8, 4) is 5.88 Å². The Morgan fingerprint density at radius 1 is 0.971 bits per heavy atom. The third kappa shape index (κ3) is 5.58. The summed E-state index contributed by atoms with van der Waals surface area (Å²) in [6.45, 7) is 2.27. The van der Waals surface area contributed by atoms with E-state index in [1.165, 1.54) is 18.7 Å². The number of halogens is 1. The first-order chi connectivity index (χ1) is 16.4. The summed E-state index contributed by atoms with van der Waals surface area (Å²) in [4.78, 5) is 32.8. The number of rotatable bonds is 9. The minimum atomic E-state index is -0.353. The van der Waals surface area contributed by atoms with Gasteiger partial charge < -0.3 is 14.0 Å². The number of fused-ring (bicyclic) bond motifs is 1. The van der Waals surface area contributed by atoms with Crippen LogP contribution in [0.25, 0.3) is 11.0 Å². The molecule has 0 unspecified atom stereocenters. The largest absolute Gasteiger partial charge is 0.473 e. The minimum absolute atomic E-state index is 0.0532. The summed E-state index contributed by atoms with van der Waals surface area (Å²) < 4.78 is 12.7. The lowest BCUT2D eigenvalue weighted by Gasteiger charge is -2.10. The van der Waals surface area contributed by atoms with Gasteiger partial charge in [0.2, 0.25) is 5.88 Å². The van der Waals surface area contributed by atoms with Gasteiger partial charge in [-0.3, -0.25) is 9.59 Å². The smallest absolute Gasteiger partial charge is 0.302 e. The number of nitrogens with zero attached hydrogens (tertiary/aromatic N) is 3. The van der Waals surface area contributed by atoms with E-state index in [0.29, 0.717) is 33.7 Å². The van der Waals surface area contributed by atoms with Crippen LogP contribution in [0, 0.1) is 0 Å². The first-order valence-electron chi connectivity index (χ1n) is 10.5. The summed E-state index contributed by atoms with van der Waals surface area (Å²) in [7, 11) is 0. The molecule has 7 nitrogen and oxygen atoms in total. The molecule has 2 aromatic heterocycles. The highest BCUT2D eigenvalue weighted by atomic mass is 35.5. The molecule has 4 aromatic rings. The van der Waals surface area contributed by atoms with Crippen molar-refractivity contribution >= 4 is 46.1 Å². The number of hydrogen-bond acceptors (Lipinski definition) is 7. The predicted molar refractivity (Wildman–Crippen MR) is 132 cm³/mol. The monoisotopic (exact) mass is 495 g/mol. The Bertz CT molecular complexity index is 1320. The molecule has 9 heteroatoms. The second-order valence-electron chi connectivity index (χ2n) is 7.42. The van der Waals surface area contributed by atoms with Crippen LogP contribution in [0.5, 0.6) is 5.88 Å². The highest BCUT2D eigenvalue weighted by Gasteiger charge is 2.14. The highest BCUT2D eigenvalue weighted by Crippen LogP contribution is 2.27. The molecule has 0 N–H and O–H groups in total. The van der Waals surface area contributed by atoms with Crippen LogP contribution >= 0.6 is 23.4 Å². The number of aromatic nitrogens is 3. The summed E-state index contributed by atoms with van der Waals surface area (Å²) in [6, 6.07) is 16.3. The lowest BCUT2D eigenvalue weighted by atomic mass is 10.0. The first kappa shape index (κ1) is 23.8. The number of thioether (sulfide) groups is 1. The molecule has 0 aliphatic carbocycles. The third-order valence-corrected chi connectivity index (χ3v) is 5.85. The topological polar surface area (TPSA) is 83.3 Å². The molecule has 0 saturated carbocycles. The van der Waals surface area contributed by atoms with E-state index in [4.69, 9.17) is 21.1 Å². The third-order valence-electron chi connectivity index (χ3n) is 5.05. The predicted octanol–water partition coefficient (Wildman–Crippen LogP) is 5.03. The lowest BCUT2D eigenvalue weighted by molar-refractivity contribution is -0.141. The number of hydrogen-bond donors (Lipinski definition) is 0. The van der Waals surface area contributed by atoms with Gasteiger partial charge in [-0.15, -0.1) is 0 Å². The van der Waals surface area contributed by atoms with Gasteiger partial charge in [-0.05, 0) is 42.2 Å². The molecule has 0 bridgehead atoms. The van der Waals surface area contributed by atoms with Crippen LogP contribution in [0.2, 0.25) is 5.02 Å². The molecule has 0 amide bonds. The molecular formula is C25H22ClN3O4S. The normalized spacial score (nSPS) is 10.9. The zero-order valence-electron chi connectivity index (χ0n) is 18.7. The Morgan fingerprint density at radius 2 is 1.65 bits per heavy atom. The van der Waals surface area contributed by atoms with Crippen molar-refractivity contribution in [2.24, 2.45) is 0 Å². The van der Waals surface area contributed by atoms with Crippen molar-refractivity contribution in [1.82, 2.24) is 14.5 Å². The van der Waals surface area contributed by atoms with Crippen LogP contribution in [0.15, 0.2) is 66.0 Å². The van der Waals surface area contributed by atoms with Gasteiger partial charge in [0.1, 0.15) is 18.9 Å². The summed E-state index contributed by atoms with van der Waals surface area (Å²) in [5.74, 6) is 0.0416. The van der Waals surface area contributed by atoms with Crippen LogP contribution in [-0.4, -0.2) is 45.8 Å². The molecule has 0 saturated heterocycles. The van der Waals surface area contributed by atoms with E-state index in [1.807, 2.05) is 47.4 Å². The average Bonchev–Trinajstić information content (AvgIpc) is 3.24. The van der Waals surface area contributed by atoms with E-state index in [0.717, 1.165) is 16.6 Å². The van der Waals surface area contributed by atoms with Gasteiger partial charge in [-0.1, -0.05) is 47.6 Å². The molecule has 174 valence electrons. The van der Waals surface area contributed by atoms with Crippen molar-refractivity contribution in [2.75, 3.05) is 19.5 Å². The zero-order valence-corrected chi connectivity index (χ0v) is 20.2. The standard InChI is InChI=1S/C25H22ClN3O4S/c1-16(30)32-13-14-33-24-21-11-12-29(23(21)27-25(28-24)34-2)15-17-3-5-18(6-4-17)22(31)19-7-9-20(26)10-8-19/h3-12H,13-15H2,1-2H3. The van der Waals surface area contributed by atoms with Crippen molar-refractivity contribution in [3.05, 3.63) is 82.5 Å². The van der Waals surface area contributed by atoms with Gasteiger partial charge in [0.15, 0.2) is 10.9 Å². The summed E-state index contributed by atoms with van der Waals surface area (Å²) in [5.41, 5.74) is 2.96. The fraction of sp³-hybridized carbons (Fsp3) is 0.200. The molecule has 2 heterocycles. The van der Waals surface area contributed by atoms with Crippen molar-refractivity contribution in [2.45, 2.75) is 18.6 Å². The molecule has 0 aliphatic heterocycles. The fourth-order valence-electron chi connectivity index (χ4n) is 3.40. The van der Waals surface area contributed by atoms with Crippen molar-refractivity contribution in [1.29, 1.82) is 0 Å². The SMILES string of the molecule is CSc1nc(OCCOC(C)=O)c2ccn(Cc3ccc(C(=O)c4ccc(Cl)cc4)cc3)c2n1. The van der Waals surface area contributed by atoms with Crippen LogP contribution in [0.4, 0.5) is 0 Å². The van der Waals surface area contributed by atoms with E-state index in [2.05, 4.69) is 9.97 Å². The Labute approximate surface area is 206 Å². The molecule has 0 aliphatic rings. The number of carbonyl (C=O) groups excluding carboxylic acids is 2.